The summed E-state index contributed by atoms with van der Waals surface area (Å²) in [5.74, 6) is 0.0397. The van der Waals surface area contributed by atoms with Crippen molar-refractivity contribution >= 4 is 29.0 Å². The molecule has 0 saturated heterocycles. The Labute approximate surface area is 130 Å². The minimum absolute atomic E-state index is 0.0397. The monoisotopic (exact) mass is 313 g/mol. The molecule has 0 aliphatic rings. The minimum Gasteiger partial charge on any atom is -0.369 e. The first kappa shape index (κ1) is 14.7. The van der Waals surface area contributed by atoms with Gasteiger partial charge in [0.1, 0.15) is 6.73 Å². The first-order chi connectivity index (χ1) is 11.2. The number of para-hydroxylation sites is 1. The Morgan fingerprint density at radius 2 is 2.22 bits per heavy atom. The van der Waals surface area contributed by atoms with Crippen molar-refractivity contribution < 1.29 is 4.74 Å². The van der Waals surface area contributed by atoms with Crippen LogP contribution in [-0.2, 0) is 11.5 Å². The van der Waals surface area contributed by atoms with Gasteiger partial charge >= 0.3 is 0 Å². The molecule has 23 heavy (non-hydrogen) atoms. The van der Waals surface area contributed by atoms with E-state index in [0.29, 0.717) is 5.65 Å². The first-order valence-electron chi connectivity index (χ1n) is 6.85. The van der Waals surface area contributed by atoms with Gasteiger partial charge in [-0.05, 0) is 12.1 Å². The Morgan fingerprint density at radius 1 is 1.39 bits per heavy atom. The molecular formula is C14H15N7O2. The molecule has 118 valence electrons. The molecule has 0 aliphatic heterocycles. The summed E-state index contributed by atoms with van der Waals surface area (Å²) in [4.78, 5) is 22.1. The van der Waals surface area contributed by atoms with Gasteiger partial charge in [-0.3, -0.25) is 19.8 Å². The van der Waals surface area contributed by atoms with Gasteiger partial charge < -0.3 is 10.5 Å². The number of nitrogens with two attached hydrogens (primary N) is 1. The van der Waals surface area contributed by atoms with Crippen molar-refractivity contribution in [1.82, 2.24) is 19.5 Å². The molecule has 0 aliphatic carbocycles. The van der Waals surface area contributed by atoms with Gasteiger partial charge in [0.25, 0.3) is 5.56 Å². The Hall–Kier alpha value is -3.20. The van der Waals surface area contributed by atoms with Crippen LogP contribution in [0.3, 0.4) is 0 Å². The van der Waals surface area contributed by atoms with E-state index in [1.807, 2.05) is 30.3 Å². The summed E-state index contributed by atoms with van der Waals surface area (Å²) in [5, 5.41) is 4.04. The van der Waals surface area contributed by atoms with Crippen molar-refractivity contribution in [3.05, 3.63) is 47.0 Å². The number of hydrogen-bond acceptors (Lipinski definition) is 7. The maximum atomic E-state index is 11.6. The fraction of sp³-hybridized carbons (Fsp3) is 0.143. The molecule has 0 amide bonds. The zero-order chi connectivity index (χ0) is 16.1. The molecule has 2 aromatic heterocycles. The molecule has 0 fully saturated rings. The molecule has 9 nitrogen and oxygen atoms in total. The van der Waals surface area contributed by atoms with Crippen LogP contribution in [0.4, 0.5) is 11.6 Å². The van der Waals surface area contributed by atoms with Gasteiger partial charge in [0.05, 0.1) is 24.8 Å². The zero-order valence-corrected chi connectivity index (χ0v) is 12.1. The van der Waals surface area contributed by atoms with E-state index in [1.54, 1.807) is 10.8 Å². The molecule has 4 N–H and O–H groups in total. The third-order valence-corrected chi connectivity index (χ3v) is 2.97. The first-order valence-corrected chi connectivity index (χ1v) is 6.85. The van der Waals surface area contributed by atoms with Crippen molar-refractivity contribution in [2.75, 3.05) is 17.8 Å². The topological polar surface area (TPSA) is 123 Å². The average molecular weight is 313 g/mol. The molecule has 9 heteroatoms. The van der Waals surface area contributed by atoms with Crippen LogP contribution in [0.25, 0.3) is 11.2 Å². The molecule has 0 unspecified atom stereocenters. The van der Waals surface area contributed by atoms with E-state index in [1.165, 1.54) is 6.33 Å². The van der Waals surface area contributed by atoms with E-state index in [9.17, 15) is 4.79 Å². The van der Waals surface area contributed by atoms with Crippen LogP contribution in [0.1, 0.15) is 0 Å². The Bertz CT molecular complexity index is 870. The number of ether oxygens (including phenoxy) is 1. The molecule has 0 radical (unpaired) electrons. The number of H-pyrrole nitrogens is 1. The summed E-state index contributed by atoms with van der Waals surface area (Å²) in [7, 11) is 0. The van der Waals surface area contributed by atoms with Gasteiger partial charge in [-0.15, -0.1) is 0 Å². The standard InChI is InChI=1S/C14H15N7O2/c15-14-18-12-11(13(22)19-14)16-8-21(12)9-23-7-6-17-20-10-4-2-1-3-5-10/h1-6,8,20H,7,9H2,(H3,15,18,19,22). The van der Waals surface area contributed by atoms with Gasteiger partial charge in [-0.2, -0.15) is 10.1 Å². The molecule has 3 aromatic rings. The van der Waals surface area contributed by atoms with Gasteiger partial charge in [-0.1, -0.05) is 18.2 Å². The predicted octanol–water partition coefficient (Wildman–Crippen LogP) is 0.774. The van der Waals surface area contributed by atoms with Gasteiger partial charge in [0, 0.05) is 0 Å². The van der Waals surface area contributed by atoms with Gasteiger partial charge in [0.2, 0.25) is 5.95 Å². The number of fused-ring (bicyclic) bond motifs is 1. The lowest BCUT2D eigenvalue weighted by Gasteiger charge is -2.03. The van der Waals surface area contributed by atoms with Gasteiger partial charge in [-0.25, -0.2) is 4.98 Å². The molecule has 0 atom stereocenters. The predicted molar refractivity (Wildman–Crippen MR) is 87.1 cm³/mol. The van der Waals surface area contributed by atoms with E-state index >= 15 is 0 Å². The molecule has 3 rings (SSSR count). The van der Waals surface area contributed by atoms with Gasteiger partial charge in [0.15, 0.2) is 11.2 Å². The molecule has 2 heterocycles. The van der Waals surface area contributed by atoms with Crippen LogP contribution >= 0.6 is 0 Å². The van der Waals surface area contributed by atoms with Crippen molar-refractivity contribution in [3.63, 3.8) is 0 Å². The molecule has 0 saturated carbocycles. The number of hydrazone groups is 1. The van der Waals surface area contributed by atoms with Crippen LogP contribution in [0.2, 0.25) is 0 Å². The number of benzene rings is 1. The largest absolute Gasteiger partial charge is 0.369 e. The number of rotatable bonds is 6. The molecular weight excluding hydrogens is 298 g/mol. The van der Waals surface area contributed by atoms with E-state index in [-0.39, 0.29) is 30.4 Å². The summed E-state index contributed by atoms with van der Waals surface area (Å²) in [6.07, 6.45) is 3.08. The second-order valence-electron chi connectivity index (χ2n) is 4.63. The number of nitrogen functional groups attached to an aromatic ring is 1. The highest BCUT2D eigenvalue weighted by Crippen LogP contribution is 2.06. The third-order valence-electron chi connectivity index (χ3n) is 2.97. The van der Waals surface area contributed by atoms with Crippen molar-refractivity contribution in [3.8, 4) is 0 Å². The SMILES string of the molecule is Nc1nc2c(ncn2COCC=NNc2ccccc2)c(=O)[nH]1. The normalized spacial score (nSPS) is 11.3. The summed E-state index contributed by atoms with van der Waals surface area (Å²) in [5.41, 5.74) is 9.52. The summed E-state index contributed by atoms with van der Waals surface area (Å²) in [6, 6.07) is 9.57. The van der Waals surface area contributed by atoms with E-state index < -0.39 is 0 Å². The Morgan fingerprint density at radius 3 is 3.04 bits per heavy atom. The number of hydrogen-bond donors (Lipinski definition) is 3. The lowest BCUT2D eigenvalue weighted by Crippen LogP contribution is -2.13. The van der Waals surface area contributed by atoms with Crippen molar-refractivity contribution in [2.45, 2.75) is 6.73 Å². The van der Waals surface area contributed by atoms with E-state index in [0.717, 1.165) is 5.69 Å². The lowest BCUT2D eigenvalue weighted by atomic mass is 10.3. The number of nitrogens with one attached hydrogen (secondary N) is 2. The summed E-state index contributed by atoms with van der Waals surface area (Å²) >= 11 is 0. The van der Waals surface area contributed by atoms with Crippen LogP contribution in [-0.4, -0.2) is 32.3 Å². The second-order valence-corrected chi connectivity index (χ2v) is 4.63. The highest BCUT2D eigenvalue weighted by molar-refractivity contribution is 5.70. The van der Waals surface area contributed by atoms with E-state index in [2.05, 4.69) is 25.5 Å². The maximum absolute atomic E-state index is 11.6. The smallest absolute Gasteiger partial charge is 0.280 e. The fourth-order valence-corrected chi connectivity index (χ4v) is 1.94. The minimum atomic E-state index is -0.375. The number of imidazole rings is 1. The van der Waals surface area contributed by atoms with Crippen LogP contribution in [0.5, 0.6) is 0 Å². The maximum Gasteiger partial charge on any atom is 0.280 e. The fourth-order valence-electron chi connectivity index (χ4n) is 1.94. The number of anilines is 2. The zero-order valence-electron chi connectivity index (χ0n) is 12.1. The quantitative estimate of drug-likeness (QED) is 0.351. The van der Waals surface area contributed by atoms with Crippen molar-refractivity contribution in [1.29, 1.82) is 0 Å². The second kappa shape index (κ2) is 6.71. The van der Waals surface area contributed by atoms with Crippen LogP contribution in [0, 0.1) is 0 Å². The average Bonchev–Trinajstić information content (AvgIpc) is 2.95. The molecule has 0 bridgehead atoms. The molecule has 0 spiro atoms. The Kier molecular flexibility index (Phi) is 4.29. The highest BCUT2D eigenvalue weighted by atomic mass is 16.5. The third kappa shape index (κ3) is 3.52. The Balaban J connectivity index is 1.54. The highest BCUT2D eigenvalue weighted by Gasteiger charge is 2.08. The summed E-state index contributed by atoms with van der Waals surface area (Å²) < 4.78 is 7.04. The van der Waals surface area contributed by atoms with Crippen molar-refractivity contribution in [2.24, 2.45) is 5.10 Å². The number of aromatic amines is 1. The lowest BCUT2D eigenvalue weighted by molar-refractivity contribution is 0.113. The number of nitrogens with zero attached hydrogens (tertiary/aromatic N) is 4. The number of aromatic nitrogens is 4. The van der Waals surface area contributed by atoms with E-state index in [4.69, 9.17) is 10.5 Å². The summed E-state index contributed by atoms with van der Waals surface area (Å²) in [6.45, 7) is 0.474. The van der Waals surface area contributed by atoms with Crippen LogP contribution < -0.4 is 16.7 Å². The molecule has 1 aromatic carbocycles. The van der Waals surface area contributed by atoms with Crippen LogP contribution in [0.15, 0.2) is 46.6 Å².